The van der Waals surface area contributed by atoms with Gasteiger partial charge in [0.1, 0.15) is 5.69 Å². The van der Waals surface area contributed by atoms with Crippen molar-refractivity contribution in [2.45, 2.75) is 6.92 Å². The van der Waals surface area contributed by atoms with Crippen LogP contribution in [0.15, 0.2) is 58.6 Å². The van der Waals surface area contributed by atoms with Crippen LogP contribution in [0.2, 0.25) is 0 Å². The third-order valence-electron chi connectivity index (χ3n) is 4.01. The molecule has 1 amide bonds. The minimum absolute atomic E-state index is 0.149. The predicted molar refractivity (Wildman–Crippen MR) is 101 cm³/mol. The van der Waals surface area contributed by atoms with E-state index in [0.29, 0.717) is 10.8 Å². The first-order valence-electron chi connectivity index (χ1n) is 8.02. The zero-order valence-corrected chi connectivity index (χ0v) is 15.1. The van der Waals surface area contributed by atoms with Gasteiger partial charge < -0.3 is 9.09 Å². The average Bonchev–Trinajstić information content (AvgIpc) is 3.36. The summed E-state index contributed by atoms with van der Waals surface area (Å²) in [6.45, 7) is 2.02. The van der Waals surface area contributed by atoms with Gasteiger partial charge in [-0.2, -0.15) is 0 Å². The number of carbonyl (C=O) groups is 1. The molecule has 4 aromatic rings. The van der Waals surface area contributed by atoms with Crippen LogP contribution < -0.4 is 5.32 Å². The molecule has 0 aliphatic rings. The van der Waals surface area contributed by atoms with Crippen molar-refractivity contribution in [3.8, 4) is 22.6 Å². The van der Waals surface area contributed by atoms with Gasteiger partial charge in [0.05, 0.1) is 11.4 Å². The van der Waals surface area contributed by atoms with Gasteiger partial charge in [-0.15, -0.1) is 11.3 Å². The number of hydrogen-bond donors (Lipinski definition) is 1. The van der Waals surface area contributed by atoms with Crippen LogP contribution in [0.5, 0.6) is 0 Å². The number of carbonyl (C=O) groups excluding carboxylic acids is 1. The summed E-state index contributed by atoms with van der Waals surface area (Å²) in [4.78, 5) is 16.8. The van der Waals surface area contributed by atoms with E-state index < -0.39 is 0 Å². The van der Waals surface area contributed by atoms with E-state index in [4.69, 9.17) is 4.52 Å². The quantitative estimate of drug-likeness (QED) is 0.584. The van der Waals surface area contributed by atoms with Crippen molar-refractivity contribution in [1.82, 2.24) is 14.7 Å². The highest BCUT2D eigenvalue weighted by Gasteiger charge is 2.16. The van der Waals surface area contributed by atoms with Gasteiger partial charge in [-0.3, -0.25) is 10.1 Å². The van der Waals surface area contributed by atoms with Gasteiger partial charge in [-0.25, -0.2) is 4.98 Å². The molecule has 0 unspecified atom stereocenters. The fourth-order valence-corrected chi connectivity index (χ4v) is 3.28. The zero-order chi connectivity index (χ0) is 18.1. The molecule has 3 aromatic heterocycles. The summed E-state index contributed by atoms with van der Waals surface area (Å²) in [6.07, 6.45) is 1.95. The molecule has 26 heavy (non-hydrogen) atoms. The van der Waals surface area contributed by atoms with Crippen molar-refractivity contribution < 1.29 is 9.32 Å². The summed E-state index contributed by atoms with van der Waals surface area (Å²) < 4.78 is 7.17. The van der Waals surface area contributed by atoms with Gasteiger partial charge >= 0.3 is 0 Å². The van der Waals surface area contributed by atoms with Gasteiger partial charge in [0.15, 0.2) is 5.13 Å². The number of nitrogens with zero attached hydrogens (tertiary/aromatic N) is 3. The van der Waals surface area contributed by atoms with E-state index >= 15 is 0 Å². The van der Waals surface area contributed by atoms with Crippen LogP contribution in [-0.2, 0) is 7.05 Å². The molecular weight excluding hydrogens is 348 g/mol. The number of thiazole rings is 1. The lowest BCUT2D eigenvalue weighted by molar-refractivity contribution is 0.0988. The Labute approximate surface area is 154 Å². The summed E-state index contributed by atoms with van der Waals surface area (Å²) in [5, 5.41) is 9.16. The van der Waals surface area contributed by atoms with Gasteiger partial charge in [-0.05, 0) is 19.1 Å². The Balaban J connectivity index is 1.50. The lowest BCUT2D eigenvalue weighted by Crippen LogP contribution is -2.10. The first-order valence-corrected chi connectivity index (χ1v) is 8.90. The van der Waals surface area contributed by atoms with Gasteiger partial charge in [0, 0.05) is 30.3 Å². The number of anilines is 1. The average molecular weight is 364 g/mol. The molecule has 130 valence electrons. The Hall–Kier alpha value is -3.19. The summed E-state index contributed by atoms with van der Waals surface area (Å²) in [5.41, 5.74) is 4.49. The SMILES string of the molecule is Cc1ccc(-c2cc(C(=O)Nc3nc(-c4cccn4C)cs3)on2)cc1. The van der Waals surface area contributed by atoms with Crippen LogP contribution in [0.4, 0.5) is 5.13 Å². The molecule has 0 atom stereocenters. The van der Waals surface area contributed by atoms with Crippen molar-refractivity contribution in [2.24, 2.45) is 7.05 Å². The number of rotatable bonds is 4. The topological polar surface area (TPSA) is 73.0 Å². The largest absolute Gasteiger partial charge is 0.350 e. The smallest absolute Gasteiger partial charge is 0.296 e. The van der Waals surface area contributed by atoms with Gasteiger partial charge in [0.2, 0.25) is 5.76 Å². The molecule has 0 aliphatic carbocycles. The van der Waals surface area contributed by atoms with Crippen molar-refractivity contribution in [1.29, 1.82) is 0 Å². The molecule has 0 spiro atoms. The molecule has 6 nitrogen and oxygen atoms in total. The Morgan fingerprint density at radius 2 is 2.00 bits per heavy atom. The highest BCUT2D eigenvalue weighted by Crippen LogP contribution is 2.26. The fraction of sp³-hybridized carbons (Fsp3) is 0.105. The van der Waals surface area contributed by atoms with Crippen molar-refractivity contribution in [3.05, 3.63) is 65.4 Å². The van der Waals surface area contributed by atoms with Crippen LogP contribution >= 0.6 is 11.3 Å². The second-order valence-corrected chi connectivity index (χ2v) is 6.80. The molecule has 1 aromatic carbocycles. The molecule has 0 fully saturated rings. The molecule has 1 N–H and O–H groups in total. The molecule has 4 rings (SSSR count). The lowest BCUT2D eigenvalue weighted by atomic mass is 10.1. The van der Waals surface area contributed by atoms with E-state index in [9.17, 15) is 4.79 Å². The maximum absolute atomic E-state index is 12.4. The highest BCUT2D eigenvalue weighted by molar-refractivity contribution is 7.14. The number of aromatic nitrogens is 3. The number of benzene rings is 1. The van der Waals surface area contributed by atoms with Crippen LogP contribution in [0.3, 0.4) is 0 Å². The molecular formula is C19H16N4O2S. The fourth-order valence-electron chi connectivity index (χ4n) is 2.58. The van der Waals surface area contributed by atoms with Crippen molar-refractivity contribution >= 4 is 22.4 Å². The molecule has 3 heterocycles. The molecule has 0 radical (unpaired) electrons. The number of amides is 1. The lowest BCUT2D eigenvalue weighted by Gasteiger charge is -1.99. The molecule has 0 saturated heterocycles. The highest BCUT2D eigenvalue weighted by atomic mass is 32.1. The van der Waals surface area contributed by atoms with Crippen LogP contribution in [0.25, 0.3) is 22.6 Å². The van der Waals surface area contributed by atoms with E-state index in [1.807, 2.05) is 66.5 Å². The van der Waals surface area contributed by atoms with Crippen LogP contribution in [-0.4, -0.2) is 20.6 Å². The molecule has 7 heteroatoms. The van der Waals surface area contributed by atoms with E-state index in [1.165, 1.54) is 11.3 Å². The first-order chi connectivity index (χ1) is 12.6. The minimum Gasteiger partial charge on any atom is -0.350 e. The van der Waals surface area contributed by atoms with E-state index in [1.54, 1.807) is 6.07 Å². The van der Waals surface area contributed by atoms with E-state index in [0.717, 1.165) is 22.5 Å². The number of hydrogen-bond acceptors (Lipinski definition) is 5. The molecule has 0 bridgehead atoms. The monoisotopic (exact) mass is 364 g/mol. The van der Waals surface area contributed by atoms with Crippen LogP contribution in [0, 0.1) is 6.92 Å². The van der Waals surface area contributed by atoms with Crippen molar-refractivity contribution in [2.75, 3.05) is 5.32 Å². The summed E-state index contributed by atoms with van der Waals surface area (Å²) >= 11 is 1.37. The zero-order valence-electron chi connectivity index (χ0n) is 14.3. The standard InChI is InChI=1S/C19H16N4O2S/c1-12-5-7-13(8-6-12)14-10-17(25-22-14)18(24)21-19-20-15(11-26-19)16-4-3-9-23(16)2/h3-11H,1-2H3,(H,20,21,24). The Bertz CT molecular complexity index is 1060. The Morgan fingerprint density at radius 3 is 2.73 bits per heavy atom. The second kappa shape index (κ2) is 6.61. The predicted octanol–water partition coefficient (Wildman–Crippen LogP) is 4.36. The van der Waals surface area contributed by atoms with E-state index in [2.05, 4.69) is 15.5 Å². The summed E-state index contributed by atoms with van der Waals surface area (Å²) in [6, 6.07) is 13.4. The Kier molecular flexibility index (Phi) is 4.14. The Morgan fingerprint density at radius 1 is 1.19 bits per heavy atom. The summed E-state index contributed by atoms with van der Waals surface area (Å²) in [5.74, 6) is -0.222. The third kappa shape index (κ3) is 3.16. The molecule has 0 saturated carbocycles. The maximum Gasteiger partial charge on any atom is 0.296 e. The van der Waals surface area contributed by atoms with Gasteiger partial charge in [-0.1, -0.05) is 35.0 Å². The van der Waals surface area contributed by atoms with E-state index in [-0.39, 0.29) is 11.7 Å². The van der Waals surface area contributed by atoms with Crippen LogP contribution in [0.1, 0.15) is 16.1 Å². The minimum atomic E-state index is -0.372. The first kappa shape index (κ1) is 16.3. The molecule has 0 aliphatic heterocycles. The second-order valence-electron chi connectivity index (χ2n) is 5.94. The summed E-state index contributed by atoms with van der Waals surface area (Å²) in [7, 11) is 1.95. The van der Waals surface area contributed by atoms with Gasteiger partial charge in [0.25, 0.3) is 5.91 Å². The normalized spacial score (nSPS) is 10.8. The maximum atomic E-state index is 12.4. The number of aryl methyl sites for hydroxylation is 2. The number of nitrogens with one attached hydrogen (secondary N) is 1. The third-order valence-corrected chi connectivity index (χ3v) is 4.77. The van der Waals surface area contributed by atoms with Crippen molar-refractivity contribution in [3.63, 3.8) is 0 Å².